The van der Waals surface area contributed by atoms with Gasteiger partial charge in [-0.2, -0.15) is 0 Å². The number of carbonyl (C=O) groups excluding carboxylic acids is 1. The van der Waals surface area contributed by atoms with Crippen LogP contribution in [0, 0.1) is 12.7 Å². The summed E-state index contributed by atoms with van der Waals surface area (Å²) in [5, 5.41) is 8.85. The van der Waals surface area contributed by atoms with Crippen LogP contribution in [0.4, 0.5) is 4.39 Å². The van der Waals surface area contributed by atoms with Crippen LogP contribution < -0.4 is 16.0 Å². The van der Waals surface area contributed by atoms with E-state index in [0.717, 1.165) is 5.56 Å². The van der Waals surface area contributed by atoms with Gasteiger partial charge in [0, 0.05) is 13.1 Å². The Morgan fingerprint density at radius 3 is 2.43 bits per heavy atom. The summed E-state index contributed by atoms with van der Waals surface area (Å²) >= 11 is 0. The minimum atomic E-state index is -0.231. The van der Waals surface area contributed by atoms with Crippen LogP contribution in [0.2, 0.25) is 0 Å². The molecule has 0 aliphatic heterocycles. The third-order valence-corrected chi connectivity index (χ3v) is 3.14. The zero-order valence-electron chi connectivity index (χ0n) is 14.2. The molecule has 23 heavy (non-hydrogen) atoms. The third kappa shape index (κ3) is 7.62. The van der Waals surface area contributed by atoms with Crippen LogP contribution in [0.1, 0.15) is 37.9 Å². The summed E-state index contributed by atoms with van der Waals surface area (Å²) in [5.41, 5.74) is 1.43. The SMILES string of the molecule is CN=C(NCC(=O)NC(C)C)NC(C)c1ccc(C)c(F)c1.I. The summed E-state index contributed by atoms with van der Waals surface area (Å²) in [7, 11) is 1.62. The Balaban J connectivity index is 0.00000484. The average Bonchev–Trinajstić information content (AvgIpc) is 2.45. The van der Waals surface area contributed by atoms with Crippen molar-refractivity contribution in [3.63, 3.8) is 0 Å². The van der Waals surface area contributed by atoms with Gasteiger partial charge in [-0.3, -0.25) is 9.79 Å². The Hall–Kier alpha value is -1.38. The van der Waals surface area contributed by atoms with Gasteiger partial charge in [0.25, 0.3) is 0 Å². The summed E-state index contributed by atoms with van der Waals surface area (Å²) in [6.07, 6.45) is 0. The van der Waals surface area contributed by atoms with Crippen LogP contribution in [0.5, 0.6) is 0 Å². The van der Waals surface area contributed by atoms with Crippen LogP contribution in [-0.2, 0) is 4.79 Å². The van der Waals surface area contributed by atoms with Gasteiger partial charge < -0.3 is 16.0 Å². The highest BCUT2D eigenvalue weighted by atomic mass is 127. The number of benzene rings is 1. The molecule has 3 N–H and O–H groups in total. The normalized spacial score (nSPS) is 12.4. The Bertz CT molecular complexity index is 549. The first kappa shape index (κ1) is 21.6. The van der Waals surface area contributed by atoms with E-state index in [9.17, 15) is 9.18 Å². The van der Waals surface area contributed by atoms with Crippen LogP contribution in [0.25, 0.3) is 0 Å². The minimum absolute atomic E-state index is 0. The van der Waals surface area contributed by atoms with Crippen molar-refractivity contribution < 1.29 is 9.18 Å². The highest BCUT2D eigenvalue weighted by Gasteiger charge is 2.11. The molecule has 0 radical (unpaired) electrons. The van der Waals surface area contributed by atoms with Gasteiger partial charge in [0.15, 0.2) is 5.96 Å². The zero-order valence-corrected chi connectivity index (χ0v) is 16.6. The first-order valence-electron chi connectivity index (χ1n) is 7.36. The monoisotopic (exact) mass is 436 g/mol. The van der Waals surface area contributed by atoms with E-state index in [0.29, 0.717) is 11.5 Å². The van der Waals surface area contributed by atoms with E-state index < -0.39 is 0 Å². The summed E-state index contributed by atoms with van der Waals surface area (Å²) in [4.78, 5) is 15.7. The molecule has 0 aliphatic carbocycles. The van der Waals surface area contributed by atoms with Crippen molar-refractivity contribution in [1.29, 1.82) is 0 Å². The number of aliphatic imine (C=N–C) groups is 1. The Morgan fingerprint density at radius 1 is 1.26 bits per heavy atom. The van der Waals surface area contributed by atoms with E-state index in [1.807, 2.05) is 26.8 Å². The average molecular weight is 436 g/mol. The van der Waals surface area contributed by atoms with E-state index in [2.05, 4.69) is 20.9 Å². The number of nitrogens with one attached hydrogen (secondary N) is 3. The molecule has 0 fully saturated rings. The lowest BCUT2D eigenvalue weighted by atomic mass is 10.1. The number of aryl methyl sites for hydroxylation is 1. The molecule has 1 rings (SSSR count). The molecule has 5 nitrogen and oxygen atoms in total. The largest absolute Gasteiger partial charge is 0.352 e. The fraction of sp³-hybridized carbons (Fsp3) is 0.500. The van der Waals surface area contributed by atoms with Gasteiger partial charge in [-0.15, -0.1) is 24.0 Å². The number of carbonyl (C=O) groups is 1. The van der Waals surface area contributed by atoms with Gasteiger partial charge in [-0.05, 0) is 44.9 Å². The van der Waals surface area contributed by atoms with Gasteiger partial charge >= 0.3 is 0 Å². The minimum Gasteiger partial charge on any atom is -0.352 e. The second kappa shape index (κ2) is 10.4. The van der Waals surface area contributed by atoms with Crippen molar-refractivity contribution in [3.8, 4) is 0 Å². The van der Waals surface area contributed by atoms with Crippen LogP contribution in [0.3, 0.4) is 0 Å². The number of nitrogens with zero attached hydrogens (tertiary/aromatic N) is 1. The van der Waals surface area contributed by atoms with Crippen molar-refractivity contribution in [2.24, 2.45) is 4.99 Å². The standard InChI is InChI=1S/C16H25FN4O.HI/c1-10(2)20-15(22)9-19-16(18-5)21-12(4)13-7-6-11(3)14(17)8-13;/h6-8,10,12H,9H2,1-5H3,(H,20,22)(H2,18,19,21);1H. The quantitative estimate of drug-likeness (QED) is 0.378. The van der Waals surface area contributed by atoms with Gasteiger partial charge in [0.05, 0.1) is 12.6 Å². The van der Waals surface area contributed by atoms with Gasteiger partial charge in [-0.25, -0.2) is 4.39 Å². The molecule has 0 aliphatic rings. The molecule has 0 heterocycles. The lowest BCUT2D eigenvalue weighted by Crippen LogP contribution is -2.45. The molecular formula is C16H26FIN4O. The number of halogens is 2. The second-order valence-corrected chi connectivity index (χ2v) is 5.52. The molecule has 1 aromatic carbocycles. The maximum Gasteiger partial charge on any atom is 0.239 e. The number of guanidine groups is 1. The Kier molecular flexibility index (Phi) is 9.78. The first-order valence-corrected chi connectivity index (χ1v) is 7.36. The number of hydrogen-bond acceptors (Lipinski definition) is 2. The van der Waals surface area contributed by atoms with Crippen molar-refractivity contribution in [2.75, 3.05) is 13.6 Å². The molecule has 1 amide bonds. The molecule has 0 spiro atoms. The fourth-order valence-corrected chi connectivity index (χ4v) is 1.90. The molecule has 1 atom stereocenters. The highest BCUT2D eigenvalue weighted by Crippen LogP contribution is 2.16. The maximum absolute atomic E-state index is 13.6. The summed E-state index contributed by atoms with van der Waals surface area (Å²) in [6.45, 7) is 7.57. The van der Waals surface area contributed by atoms with Crippen molar-refractivity contribution in [3.05, 3.63) is 35.1 Å². The highest BCUT2D eigenvalue weighted by molar-refractivity contribution is 14.0. The fourth-order valence-electron chi connectivity index (χ4n) is 1.90. The maximum atomic E-state index is 13.6. The third-order valence-electron chi connectivity index (χ3n) is 3.14. The van der Waals surface area contributed by atoms with Crippen molar-refractivity contribution in [1.82, 2.24) is 16.0 Å². The predicted molar refractivity (Wildman–Crippen MR) is 103 cm³/mol. The summed E-state index contributed by atoms with van der Waals surface area (Å²) in [6, 6.07) is 5.09. The van der Waals surface area contributed by atoms with Gasteiger partial charge in [-0.1, -0.05) is 12.1 Å². The zero-order chi connectivity index (χ0) is 16.7. The Labute approximate surface area is 154 Å². The molecule has 0 saturated heterocycles. The van der Waals surface area contributed by atoms with E-state index >= 15 is 0 Å². The van der Waals surface area contributed by atoms with Crippen LogP contribution >= 0.6 is 24.0 Å². The van der Waals surface area contributed by atoms with Crippen molar-refractivity contribution >= 4 is 35.8 Å². The lowest BCUT2D eigenvalue weighted by Gasteiger charge is -2.19. The molecule has 130 valence electrons. The van der Waals surface area contributed by atoms with Crippen molar-refractivity contribution in [2.45, 2.75) is 39.8 Å². The van der Waals surface area contributed by atoms with Gasteiger partial charge in [0.2, 0.25) is 5.91 Å². The van der Waals surface area contributed by atoms with Gasteiger partial charge in [0.1, 0.15) is 5.82 Å². The number of hydrogen-bond donors (Lipinski definition) is 3. The van der Waals surface area contributed by atoms with E-state index in [1.165, 1.54) is 6.07 Å². The first-order chi connectivity index (χ1) is 10.3. The predicted octanol–water partition coefficient (Wildman–Crippen LogP) is 2.50. The van der Waals surface area contributed by atoms with E-state index in [4.69, 9.17) is 0 Å². The van der Waals surface area contributed by atoms with Crippen LogP contribution in [0.15, 0.2) is 23.2 Å². The lowest BCUT2D eigenvalue weighted by molar-refractivity contribution is -0.120. The van der Waals surface area contributed by atoms with Crippen LogP contribution in [-0.4, -0.2) is 31.5 Å². The second-order valence-electron chi connectivity index (χ2n) is 5.52. The molecular weight excluding hydrogens is 410 g/mol. The van der Waals surface area contributed by atoms with E-state index in [1.54, 1.807) is 20.0 Å². The molecule has 0 saturated carbocycles. The topological polar surface area (TPSA) is 65.5 Å². The number of rotatable bonds is 5. The number of amides is 1. The Morgan fingerprint density at radius 2 is 1.91 bits per heavy atom. The molecule has 7 heteroatoms. The van der Waals surface area contributed by atoms with E-state index in [-0.39, 0.29) is 54.3 Å². The molecule has 1 aromatic rings. The molecule has 1 unspecified atom stereocenters. The smallest absolute Gasteiger partial charge is 0.239 e. The summed E-state index contributed by atoms with van der Waals surface area (Å²) in [5.74, 6) is 0.157. The summed E-state index contributed by atoms with van der Waals surface area (Å²) < 4.78 is 13.6. The molecule has 0 bridgehead atoms. The molecule has 0 aromatic heterocycles.